The molecule has 1 fully saturated rings. The van der Waals surface area contributed by atoms with Gasteiger partial charge in [-0.1, -0.05) is 43.5 Å². The second kappa shape index (κ2) is 10.9. The van der Waals surface area contributed by atoms with Gasteiger partial charge in [0.2, 0.25) is 5.91 Å². The van der Waals surface area contributed by atoms with Crippen molar-refractivity contribution in [3.63, 3.8) is 0 Å². The molecule has 0 unspecified atom stereocenters. The van der Waals surface area contributed by atoms with Crippen LogP contribution in [0.15, 0.2) is 38.4 Å². The SMILES string of the molecule is NC(=O)CC=O.O=[N+]1CCC(N2CC(Br)=CC3=C2Cc2c(Br)cc(Cl)cc2CC3)CC1. The molecule has 1 amide bonds. The number of nitrogens with zero attached hydrogens (tertiary/aromatic N) is 2. The van der Waals surface area contributed by atoms with E-state index in [0.29, 0.717) is 25.4 Å². The third kappa shape index (κ3) is 6.26. The van der Waals surface area contributed by atoms with Crippen LogP contribution in [0.25, 0.3) is 0 Å². The van der Waals surface area contributed by atoms with Gasteiger partial charge in [0, 0.05) is 56.4 Å². The predicted octanol–water partition coefficient (Wildman–Crippen LogP) is 4.44. The quantitative estimate of drug-likeness (QED) is 0.329. The lowest BCUT2D eigenvalue weighted by Crippen LogP contribution is -2.43. The normalized spacial score (nSPS) is 18.9. The first-order valence-electron chi connectivity index (χ1n) is 10.2. The van der Waals surface area contributed by atoms with Crippen LogP contribution >= 0.6 is 43.5 Å². The van der Waals surface area contributed by atoms with E-state index in [0.717, 1.165) is 48.1 Å². The number of aldehydes is 1. The van der Waals surface area contributed by atoms with Crippen molar-refractivity contribution in [3.05, 3.63) is 59.5 Å². The Kier molecular flexibility index (Phi) is 8.47. The Labute approximate surface area is 203 Å². The Morgan fingerprint density at radius 2 is 1.97 bits per heavy atom. The molecule has 2 aliphatic heterocycles. The zero-order valence-corrected chi connectivity index (χ0v) is 21.0. The first-order valence-corrected chi connectivity index (χ1v) is 12.2. The van der Waals surface area contributed by atoms with Gasteiger partial charge >= 0.3 is 0 Å². The molecular weight excluding hydrogens is 550 g/mol. The molecule has 0 aromatic heterocycles. The van der Waals surface area contributed by atoms with Crippen LogP contribution in [0.2, 0.25) is 5.02 Å². The van der Waals surface area contributed by atoms with Crippen LogP contribution in [-0.4, -0.2) is 47.5 Å². The summed E-state index contributed by atoms with van der Waals surface area (Å²) in [5.74, 6) is -0.579. The minimum atomic E-state index is -0.579. The van der Waals surface area contributed by atoms with Crippen molar-refractivity contribution in [1.82, 2.24) is 4.90 Å². The highest BCUT2D eigenvalue weighted by Crippen LogP contribution is 2.39. The highest BCUT2D eigenvalue weighted by Gasteiger charge is 2.33. The molecule has 0 bridgehead atoms. The number of hydrogen-bond donors (Lipinski definition) is 1. The number of benzene rings is 1. The van der Waals surface area contributed by atoms with Crippen LogP contribution in [0.3, 0.4) is 0 Å². The van der Waals surface area contributed by atoms with Crippen LogP contribution in [0, 0.1) is 4.91 Å². The monoisotopic (exact) mass is 572 g/mol. The van der Waals surface area contributed by atoms with Gasteiger partial charge in [0.15, 0.2) is 13.1 Å². The second-order valence-corrected chi connectivity index (χ2v) is 10.2. The molecule has 2 N–H and O–H groups in total. The molecule has 0 atom stereocenters. The Morgan fingerprint density at radius 3 is 2.58 bits per heavy atom. The van der Waals surface area contributed by atoms with Gasteiger partial charge in [-0.15, -0.1) is 0 Å². The number of amides is 1. The van der Waals surface area contributed by atoms with E-state index < -0.39 is 5.91 Å². The van der Waals surface area contributed by atoms with E-state index in [-0.39, 0.29) is 6.42 Å². The lowest BCUT2D eigenvalue weighted by atomic mass is 9.97. The number of rotatable bonds is 3. The average molecular weight is 575 g/mol. The molecule has 3 aliphatic rings. The molecule has 0 radical (unpaired) electrons. The number of fused-ring (bicyclic) bond motifs is 1. The number of hydrogen-bond acceptors (Lipinski definition) is 4. The molecule has 2 heterocycles. The summed E-state index contributed by atoms with van der Waals surface area (Å²) in [6.45, 7) is 2.19. The fraction of sp³-hybridized carbons (Fsp3) is 0.455. The van der Waals surface area contributed by atoms with Crippen molar-refractivity contribution in [2.45, 2.75) is 44.6 Å². The first-order chi connectivity index (χ1) is 14.8. The molecule has 1 saturated heterocycles. The number of primary amides is 1. The van der Waals surface area contributed by atoms with Gasteiger partial charge in [-0.2, -0.15) is 0 Å². The third-order valence-corrected chi connectivity index (χ3v) is 7.18. The van der Waals surface area contributed by atoms with Crippen LogP contribution in [0.4, 0.5) is 0 Å². The number of nitrogens with two attached hydrogens (primary N) is 1. The number of allylic oxidation sites excluding steroid dienone is 3. The minimum absolute atomic E-state index is 0.167. The second-order valence-electron chi connectivity index (χ2n) is 7.89. The van der Waals surface area contributed by atoms with E-state index in [4.69, 9.17) is 11.6 Å². The zero-order chi connectivity index (χ0) is 22.5. The van der Waals surface area contributed by atoms with Gasteiger partial charge in [-0.3, -0.25) is 4.79 Å². The summed E-state index contributed by atoms with van der Waals surface area (Å²) in [4.78, 5) is 33.0. The summed E-state index contributed by atoms with van der Waals surface area (Å²) < 4.78 is 3.53. The van der Waals surface area contributed by atoms with Crippen molar-refractivity contribution in [3.8, 4) is 0 Å². The van der Waals surface area contributed by atoms with E-state index >= 15 is 0 Å². The molecule has 4 rings (SSSR count). The van der Waals surface area contributed by atoms with E-state index in [2.05, 4.69) is 54.6 Å². The van der Waals surface area contributed by atoms with Gasteiger partial charge in [0.1, 0.15) is 6.29 Å². The van der Waals surface area contributed by atoms with Gasteiger partial charge in [0.05, 0.1) is 6.42 Å². The number of carbonyl (C=O) groups is 2. The fourth-order valence-electron chi connectivity index (χ4n) is 4.29. The average Bonchev–Trinajstić information content (AvgIpc) is 2.88. The molecular formula is C22H25Br2ClN3O3+. The maximum Gasteiger partial charge on any atom is 0.224 e. The fourth-order valence-corrected chi connectivity index (χ4v) is 5.85. The maximum atomic E-state index is 11.6. The van der Waals surface area contributed by atoms with E-state index in [1.54, 1.807) is 0 Å². The summed E-state index contributed by atoms with van der Waals surface area (Å²) in [6.07, 6.45) is 7.46. The summed E-state index contributed by atoms with van der Waals surface area (Å²) in [5.41, 5.74) is 10.1. The molecule has 0 saturated carbocycles. The number of aryl methyl sites for hydroxylation is 1. The summed E-state index contributed by atoms with van der Waals surface area (Å²) in [6, 6.07) is 4.56. The first kappa shape index (κ1) is 24.1. The standard InChI is InChI=1S/C19H20Br2ClN2O.C3H5NO2/c20-14-7-13-2-1-12-8-15(22)9-18(21)17(12)10-19(13)24(11-14)16-3-5-23(25)6-4-16;4-3(6)1-2-5/h7-9,16H,1-6,10-11H2;2H,1H2,(H2,4,6)/q+1;. The molecule has 6 nitrogen and oxygen atoms in total. The highest BCUT2D eigenvalue weighted by atomic mass is 79.9. The van der Waals surface area contributed by atoms with Gasteiger partial charge < -0.3 is 15.4 Å². The summed E-state index contributed by atoms with van der Waals surface area (Å²) in [7, 11) is 0. The third-order valence-electron chi connectivity index (χ3n) is 5.78. The predicted molar refractivity (Wildman–Crippen MR) is 128 cm³/mol. The van der Waals surface area contributed by atoms with Crippen LogP contribution in [-0.2, 0) is 22.4 Å². The molecule has 1 aliphatic carbocycles. The number of nitroso groups, excluding NO2 is 1. The lowest BCUT2D eigenvalue weighted by Gasteiger charge is -2.39. The highest BCUT2D eigenvalue weighted by molar-refractivity contribution is 9.11. The lowest BCUT2D eigenvalue weighted by molar-refractivity contribution is -0.560. The van der Waals surface area contributed by atoms with Crippen molar-refractivity contribution >= 4 is 55.7 Å². The molecule has 31 heavy (non-hydrogen) atoms. The van der Waals surface area contributed by atoms with E-state index in [1.165, 1.54) is 31.6 Å². The molecule has 166 valence electrons. The summed E-state index contributed by atoms with van der Waals surface area (Å²) >= 11 is 13.7. The van der Waals surface area contributed by atoms with Crippen molar-refractivity contribution in [2.75, 3.05) is 19.6 Å². The minimum Gasteiger partial charge on any atom is -0.369 e. The van der Waals surface area contributed by atoms with Crippen LogP contribution in [0.1, 0.15) is 36.8 Å². The Bertz CT molecular complexity index is 952. The van der Waals surface area contributed by atoms with Crippen LogP contribution in [0.5, 0.6) is 0 Å². The molecule has 0 spiro atoms. The topological polar surface area (TPSA) is 83.5 Å². The number of halogens is 3. The zero-order valence-electron chi connectivity index (χ0n) is 17.1. The van der Waals surface area contributed by atoms with Crippen molar-refractivity contribution < 1.29 is 14.3 Å². The van der Waals surface area contributed by atoms with Gasteiger partial charge in [0.25, 0.3) is 0 Å². The van der Waals surface area contributed by atoms with Gasteiger partial charge in [-0.25, -0.2) is 0 Å². The van der Waals surface area contributed by atoms with Crippen molar-refractivity contribution in [1.29, 1.82) is 0 Å². The molecule has 9 heteroatoms. The Morgan fingerprint density at radius 1 is 1.26 bits per heavy atom. The van der Waals surface area contributed by atoms with Gasteiger partial charge in [-0.05, 0) is 52.5 Å². The molecule has 1 aromatic rings. The van der Waals surface area contributed by atoms with E-state index in [1.807, 2.05) is 6.07 Å². The number of piperidine rings is 1. The maximum absolute atomic E-state index is 11.6. The van der Waals surface area contributed by atoms with Crippen molar-refractivity contribution in [2.24, 2.45) is 5.73 Å². The number of carbonyl (C=O) groups excluding carboxylic acids is 2. The van der Waals surface area contributed by atoms with Crippen LogP contribution < -0.4 is 5.73 Å². The Hall–Kier alpha value is -1.51. The largest absolute Gasteiger partial charge is 0.369 e. The van der Waals surface area contributed by atoms with E-state index in [9.17, 15) is 14.5 Å². The molecule has 1 aromatic carbocycles. The Balaban J connectivity index is 0.000000401. The smallest absolute Gasteiger partial charge is 0.224 e. The summed E-state index contributed by atoms with van der Waals surface area (Å²) in [5, 5.41) is 0.793.